The van der Waals surface area contributed by atoms with E-state index in [0.29, 0.717) is 12.8 Å². The van der Waals surface area contributed by atoms with Crippen molar-refractivity contribution < 1.29 is 19.7 Å². The molecule has 0 amide bonds. The zero-order valence-electron chi connectivity index (χ0n) is 12.0. The minimum atomic E-state index is -1.29. The molecule has 0 aliphatic heterocycles. The van der Waals surface area contributed by atoms with Gasteiger partial charge in [-0.15, -0.1) is 0 Å². The van der Waals surface area contributed by atoms with Crippen LogP contribution >= 0.6 is 0 Å². The van der Waals surface area contributed by atoms with Crippen LogP contribution in [0.1, 0.15) is 46.1 Å². The van der Waals surface area contributed by atoms with Gasteiger partial charge < -0.3 is 5.11 Å². The molecule has 0 bridgehead atoms. The maximum absolute atomic E-state index is 11.3. The molecule has 1 aromatic rings. The lowest BCUT2D eigenvalue weighted by atomic mass is 9.97. The van der Waals surface area contributed by atoms with Crippen molar-refractivity contribution in [1.29, 1.82) is 0 Å². The topological polar surface area (TPSA) is 55.8 Å². The number of aliphatic carboxylic acids is 1. The zero-order chi connectivity index (χ0) is 14.5. The van der Waals surface area contributed by atoms with Gasteiger partial charge in [0.1, 0.15) is 5.60 Å². The van der Waals surface area contributed by atoms with Crippen molar-refractivity contribution in [2.24, 2.45) is 0 Å². The van der Waals surface area contributed by atoms with Crippen molar-refractivity contribution in [3.8, 4) is 0 Å². The third kappa shape index (κ3) is 3.55. The molecular weight excluding hydrogens is 244 g/mol. The van der Waals surface area contributed by atoms with Gasteiger partial charge in [-0.05, 0) is 32.3 Å². The highest BCUT2D eigenvalue weighted by Crippen LogP contribution is 2.29. The molecule has 0 aromatic heterocycles. The van der Waals surface area contributed by atoms with Crippen molar-refractivity contribution in [3.63, 3.8) is 0 Å². The molecule has 0 fully saturated rings. The van der Waals surface area contributed by atoms with Crippen LogP contribution in [0.15, 0.2) is 30.3 Å². The Bertz CT molecular complexity index is 407. The summed E-state index contributed by atoms with van der Waals surface area (Å²) in [6, 6.07) is 9.57. The summed E-state index contributed by atoms with van der Waals surface area (Å²) < 4.78 is 0. The van der Waals surface area contributed by atoms with E-state index in [1.165, 1.54) is 0 Å². The van der Waals surface area contributed by atoms with E-state index in [2.05, 4.69) is 0 Å². The Balaban J connectivity index is 2.82. The molecular formula is C15H22O4. The molecule has 4 heteroatoms. The lowest BCUT2D eigenvalue weighted by Gasteiger charge is -2.31. The average Bonchev–Trinajstić information content (AvgIpc) is 2.41. The molecule has 1 aromatic carbocycles. The molecule has 0 saturated carbocycles. The Labute approximate surface area is 114 Å². The van der Waals surface area contributed by atoms with E-state index in [4.69, 9.17) is 9.78 Å². The van der Waals surface area contributed by atoms with Gasteiger partial charge in [-0.1, -0.05) is 44.2 Å². The van der Waals surface area contributed by atoms with Crippen LogP contribution in [0.5, 0.6) is 0 Å². The van der Waals surface area contributed by atoms with Gasteiger partial charge in [0.15, 0.2) is 5.60 Å². The lowest BCUT2D eigenvalue weighted by molar-refractivity contribution is -0.405. The first kappa shape index (κ1) is 15.7. The van der Waals surface area contributed by atoms with Crippen molar-refractivity contribution in [1.82, 2.24) is 0 Å². The van der Waals surface area contributed by atoms with Crippen LogP contribution in [0.4, 0.5) is 0 Å². The fraction of sp³-hybridized carbons (Fsp3) is 0.533. The summed E-state index contributed by atoms with van der Waals surface area (Å²) in [6.45, 7) is 7.24. The second-order valence-corrected chi connectivity index (χ2v) is 5.05. The molecule has 19 heavy (non-hydrogen) atoms. The normalized spacial score (nSPS) is 12.4. The highest BCUT2D eigenvalue weighted by atomic mass is 17.2. The number of carboxylic acid groups (broad SMARTS) is 1. The monoisotopic (exact) mass is 266 g/mol. The molecule has 0 spiro atoms. The smallest absolute Gasteiger partial charge is 0.339 e. The largest absolute Gasteiger partial charge is 0.479 e. The molecule has 0 aliphatic carbocycles. The molecule has 1 rings (SSSR count). The highest BCUT2D eigenvalue weighted by molar-refractivity contribution is 5.77. The van der Waals surface area contributed by atoms with Crippen molar-refractivity contribution in [3.05, 3.63) is 35.9 Å². The van der Waals surface area contributed by atoms with Gasteiger partial charge in [0.2, 0.25) is 0 Å². The van der Waals surface area contributed by atoms with Crippen LogP contribution in [0, 0.1) is 0 Å². The third-order valence-corrected chi connectivity index (χ3v) is 3.41. The fourth-order valence-corrected chi connectivity index (χ4v) is 1.78. The van der Waals surface area contributed by atoms with Crippen LogP contribution in [-0.4, -0.2) is 16.7 Å². The second kappa shape index (κ2) is 6.17. The average molecular weight is 266 g/mol. The minimum absolute atomic E-state index is 0.351. The van der Waals surface area contributed by atoms with Crippen LogP contribution in [0.3, 0.4) is 0 Å². The molecule has 0 aliphatic rings. The van der Waals surface area contributed by atoms with E-state index < -0.39 is 17.2 Å². The quantitative estimate of drug-likeness (QED) is 0.606. The Morgan fingerprint density at radius 3 is 2.05 bits per heavy atom. The summed E-state index contributed by atoms with van der Waals surface area (Å²) in [5, 5.41) is 9.29. The van der Waals surface area contributed by atoms with Crippen molar-refractivity contribution in [2.75, 3.05) is 0 Å². The van der Waals surface area contributed by atoms with Gasteiger partial charge in [-0.25, -0.2) is 14.6 Å². The zero-order valence-corrected chi connectivity index (χ0v) is 12.0. The number of carbonyl (C=O) groups is 1. The molecule has 1 N–H and O–H groups in total. The Kier molecular flexibility index (Phi) is 5.09. The van der Waals surface area contributed by atoms with Crippen molar-refractivity contribution in [2.45, 2.75) is 51.7 Å². The Hall–Kier alpha value is -1.39. The van der Waals surface area contributed by atoms with Crippen LogP contribution in [-0.2, 0) is 20.2 Å². The first-order valence-corrected chi connectivity index (χ1v) is 6.53. The van der Waals surface area contributed by atoms with Gasteiger partial charge in [-0.3, -0.25) is 0 Å². The Morgan fingerprint density at radius 2 is 1.63 bits per heavy atom. The summed E-state index contributed by atoms with van der Waals surface area (Å²) in [5.74, 6) is -0.999. The Morgan fingerprint density at radius 1 is 1.11 bits per heavy atom. The van der Waals surface area contributed by atoms with Gasteiger partial charge >= 0.3 is 5.97 Å². The summed E-state index contributed by atoms with van der Waals surface area (Å²) in [7, 11) is 0. The summed E-state index contributed by atoms with van der Waals surface area (Å²) >= 11 is 0. The van der Waals surface area contributed by atoms with Crippen LogP contribution in [0.2, 0.25) is 0 Å². The number of benzene rings is 1. The second-order valence-electron chi connectivity index (χ2n) is 5.05. The first-order valence-electron chi connectivity index (χ1n) is 6.53. The predicted molar refractivity (Wildman–Crippen MR) is 72.6 cm³/mol. The van der Waals surface area contributed by atoms with Gasteiger partial charge in [-0.2, -0.15) is 0 Å². The van der Waals surface area contributed by atoms with Crippen LogP contribution < -0.4 is 0 Å². The standard InChI is InChI=1S/C15H22O4/c1-5-15(6-2,13(16)17)19-18-14(3,4)12-10-8-7-9-11-12/h7-11H,5-6H2,1-4H3,(H,16,17). The summed E-state index contributed by atoms with van der Waals surface area (Å²) in [6.07, 6.45) is 0.702. The van der Waals surface area contributed by atoms with E-state index in [9.17, 15) is 9.90 Å². The molecule has 0 radical (unpaired) electrons. The maximum Gasteiger partial charge on any atom is 0.339 e. The molecule has 0 atom stereocenters. The van der Waals surface area contributed by atoms with E-state index in [-0.39, 0.29) is 0 Å². The number of hydrogen-bond donors (Lipinski definition) is 1. The number of rotatable bonds is 7. The van der Waals surface area contributed by atoms with Gasteiger partial charge in [0.25, 0.3) is 0 Å². The van der Waals surface area contributed by atoms with E-state index >= 15 is 0 Å². The first-order chi connectivity index (χ1) is 8.88. The third-order valence-electron chi connectivity index (χ3n) is 3.41. The molecule has 4 nitrogen and oxygen atoms in total. The fourth-order valence-electron chi connectivity index (χ4n) is 1.78. The molecule has 0 heterocycles. The van der Waals surface area contributed by atoms with Crippen molar-refractivity contribution >= 4 is 5.97 Å². The maximum atomic E-state index is 11.3. The molecule has 0 saturated heterocycles. The van der Waals surface area contributed by atoms with E-state index in [1.807, 2.05) is 44.2 Å². The van der Waals surface area contributed by atoms with Gasteiger partial charge in [0.05, 0.1) is 0 Å². The number of hydrogen-bond acceptors (Lipinski definition) is 3. The predicted octanol–water partition coefficient (Wildman–Crippen LogP) is 3.51. The lowest BCUT2D eigenvalue weighted by Crippen LogP contribution is -2.42. The number of carboxylic acids is 1. The molecule has 106 valence electrons. The summed E-state index contributed by atoms with van der Waals surface area (Å²) in [5.41, 5.74) is -1.06. The van der Waals surface area contributed by atoms with Crippen LogP contribution in [0.25, 0.3) is 0 Å². The minimum Gasteiger partial charge on any atom is -0.479 e. The molecule has 0 unspecified atom stereocenters. The SMILES string of the molecule is CCC(CC)(OOC(C)(C)c1ccccc1)C(=O)O. The van der Waals surface area contributed by atoms with Gasteiger partial charge in [0, 0.05) is 0 Å². The highest BCUT2D eigenvalue weighted by Gasteiger charge is 2.40. The van der Waals surface area contributed by atoms with E-state index in [1.54, 1.807) is 13.8 Å². The van der Waals surface area contributed by atoms with E-state index in [0.717, 1.165) is 5.56 Å². The summed E-state index contributed by atoms with van der Waals surface area (Å²) in [4.78, 5) is 22.1.